The lowest BCUT2D eigenvalue weighted by Gasteiger charge is -1.96. The van der Waals surface area contributed by atoms with E-state index >= 15 is 0 Å². The number of rotatable bonds is 3. The van der Waals surface area contributed by atoms with E-state index in [-0.39, 0.29) is 0 Å². The van der Waals surface area contributed by atoms with Gasteiger partial charge in [0.15, 0.2) is 14.6 Å². The molecule has 0 unspecified atom stereocenters. The van der Waals surface area contributed by atoms with Crippen LogP contribution in [0.3, 0.4) is 0 Å². The van der Waals surface area contributed by atoms with Crippen LogP contribution in [0.5, 0.6) is 0 Å². The number of aryl methyl sites for hydroxylation is 2. The summed E-state index contributed by atoms with van der Waals surface area (Å²) in [6.07, 6.45) is 2.06. The maximum atomic E-state index is 4.76. The molecule has 0 spiro atoms. The molecule has 0 radical (unpaired) electrons. The molecule has 8 heteroatoms. The van der Waals surface area contributed by atoms with Crippen molar-refractivity contribution >= 4 is 86.7 Å². The van der Waals surface area contributed by atoms with Crippen LogP contribution in [0.1, 0.15) is 11.1 Å². The molecule has 3 aromatic heterocycles. The van der Waals surface area contributed by atoms with Crippen molar-refractivity contribution in [1.29, 1.82) is 0 Å². The highest BCUT2D eigenvalue weighted by Crippen LogP contribution is 2.39. The molecule has 0 saturated carbocycles. The predicted molar refractivity (Wildman–Crippen MR) is 117 cm³/mol. The van der Waals surface area contributed by atoms with E-state index in [1.54, 1.807) is 45.8 Å². The lowest BCUT2D eigenvalue weighted by molar-refractivity contribution is 1.31. The molecule has 5 rings (SSSR count). The number of thiazole rings is 3. The van der Waals surface area contributed by atoms with Crippen molar-refractivity contribution in [3.8, 4) is 0 Å². The van der Waals surface area contributed by atoms with Gasteiger partial charge in [-0.25, -0.2) is 15.0 Å². The summed E-state index contributed by atoms with van der Waals surface area (Å²) >= 11 is 6.76. The molecule has 5 aromatic rings. The van der Waals surface area contributed by atoms with E-state index in [2.05, 4.69) is 54.7 Å². The highest BCUT2D eigenvalue weighted by Gasteiger charge is 2.13. The maximum Gasteiger partial charge on any atom is 0.190 e. The van der Waals surface area contributed by atoms with Gasteiger partial charge in [-0.1, -0.05) is 40.5 Å². The van der Waals surface area contributed by atoms with Gasteiger partial charge in [0.25, 0.3) is 0 Å². The maximum absolute atomic E-state index is 4.76. The van der Waals surface area contributed by atoms with E-state index in [9.17, 15) is 0 Å². The van der Waals surface area contributed by atoms with Crippen molar-refractivity contribution in [3.05, 3.63) is 35.4 Å². The van der Waals surface area contributed by atoms with Gasteiger partial charge in [-0.2, -0.15) is 0 Å². The standard InChI is InChI=1S/C18H14N4S4/c1-8-6-9(2)13-12(7-8)24-17(21-13)22-16-19-10-4-5-11-15(14(10)25-16)26-18(20-11)23-3/h4-7H,1-3H3,(H,19,21,22). The Bertz CT molecular complexity index is 1280. The number of hydrogen-bond acceptors (Lipinski definition) is 8. The Labute approximate surface area is 166 Å². The fourth-order valence-corrected chi connectivity index (χ4v) is 6.77. The molecule has 0 atom stereocenters. The molecule has 0 amide bonds. The number of thioether (sulfide) groups is 1. The molecular formula is C18H14N4S4. The monoisotopic (exact) mass is 414 g/mol. The Morgan fingerprint density at radius 2 is 1.62 bits per heavy atom. The van der Waals surface area contributed by atoms with Gasteiger partial charge in [0.05, 0.1) is 30.6 Å². The topological polar surface area (TPSA) is 50.7 Å². The van der Waals surface area contributed by atoms with Gasteiger partial charge in [-0.15, -0.1) is 11.3 Å². The lowest BCUT2D eigenvalue weighted by atomic mass is 10.1. The molecule has 1 N–H and O–H groups in total. The van der Waals surface area contributed by atoms with Crippen LogP contribution >= 0.6 is 45.8 Å². The number of nitrogens with one attached hydrogen (secondary N) is 1. The van der Waals surface area contributed by atoms with Crippen LogP contribution in [0.4, 0.5) is 10.3 Å². The highest BCUT2D eigenvalue weighted by atomic mass is 32.2. The third kappa shape index (κ3) is 2.68. The first-order chi connectivity index (χ1) is 12.6. The van der Waals surface area contributed by atoms with Crippen molar-refractivity contribution in [2.45, 2.75) is 18.2 Å². The van der Waals surface area contributed by atoms with Gasteiger partial charge in [-0.3, -0.25) is 0 Å². The van der Waals surface area contributed by atoms with E-state index in [1.165, 1.54) is 25.2 Å². The van der Waals surface area contributed by atoms with Gasteiger partial charge >= 0.3 is 0 Å². The zero-order chi connectivity index (χ0) is 17.8. The molecule has 0 aliphatic heterocycles. The van der Waals surface area contributed by atoms with E-state index in [0.717, 1.165) is 31.2 Å². The summed E-state index contributed by atoms with van der Waals surface area (Å²) in [5.41, 5.74) is 5.60. The van der Waals surface area contributed by atoms with Crippen molar-refractivity contribution in [2.75, 3.05) is 11.6 Å². The summed E-state index contributed by atoms with van der Waals surface area (Å²) < 4.78 is 4.71. The summed E-state index contributed by atoms with van der Waals surface area (Å²) in [5, 5.41) is 5.17. The average molecular weight is 415 g/mol. The minimum Gasteiger partial charge on any atom is -0.307 e. The molecule has 0 fully saturated rings. The van der Waals surface area contributed by atoms with Gasteiger partial charge in [-0.05, 0) is 49.4 Å². The zero-order valence-electron chi connectivity index (χ0n) is 14.3. The van der Waals surface area contributed by atoms with Crippen molar-refractivity contribution in [2.24, 2.45) is 0 Å². The Kier molecular flexibility index (Phi) is 3.89. The van der Waals surface area contributed by atoms with Crippen LogP contribution in [-0.4, -0.2) is 21.2 Å². The molecule has 0 aliphatic rings. The number of nitrogens with zero attached hydrogens (tertiary/aromatic N) is 3. The van der Waals surface area contributed by atoms with Crippen LogP contribution in [0, 0.1) is 13.8 Å². The third-order valence-corrected chi connectivity index (χ3v) is 8.24. The van der Waals surface area contributed by atoms with Crippen LogP contribution in [0.2, 0.25) is 0 Å². The second-order valence-corrected chi connectivity index (χ2v) is 10.1. The van der Waals surface area contributed by atoms with E-state index in [4.69, 9.17) is 9.97 Å². The van der Waals surface area contributed by atoms with E-state index in [1.807, 2.05) is 0 Å². The first-order valence-electron chi connectivity index (χ1n) is 7.99. The first-order valence-corrected chi connectivity index (χ1v) is 11.7. The van der Waals surface area contributed by atoms with Gasteiger partial charge < -0.3 is 5.32 Å². The van der Waals surface area contributed by atoms with E-state index in [0.29, 0.717) is 0 Å². The molecule has 0 saturated heterocycles. The van der Waals surface area contributed by atoms with Crippen LogP contribution in [0.25, 0.3) is 30.6 Å². The predicted octanol–water partition coefficient (Wildman–Crippen LogP) is 6.60. The Morgan fingerprint density at radius 1 is 0.885 bits per heavy atom. The van der Waals surface area contributed by atoms with Crippen molar-refractivity contribution < 1.29 is 0 Å². The Balaban J connectivity index is 1.58. The molecule has 130 valence electrons. The van der Waals surface area contributed by atoms with Gasteiger partial charge in [0.1, 0.15) is 0 Å². The number of anilines is 2. The molecule has 4 nitrogen and oxygen atoms in total. The smallest absolute Gasteiger partial charge is 0.190 e. The summed E-state index contributed by atoms with van der Waals surface area (Å²) in [5.74, 6) is 0. The summed E-state index contributed by atoms with van der Waals surface area (Å²) in [4.78, 5) is 14.2. The summed E-state index contributed by atoms with van der Waals surface area (Å²) in [7, 11) is 0. The lowest BCUT2D eigenvalue weighted by Crippen LogP contribution is -1.87. The van der Waals surface area contributed by atoms with Crippen LogP contribution in [0.15, 0.2) is 28.6 Å². The second-order valence-electron chi connectivity index (χ2n) is 6.04. The van der Waals surface area contributed by atoms with Crippen molar-refractivity contribution in [1.82, 2.24) is 15.0 Å². The molecule has 26 heavy (non-hydrogen) atoms. The first kappa shape index (κ1) is 16.4. The molecule has 2 aromatic carbocycles. The SMILES string of the molecule is CSc1nc2ccc3nc(Nc4nc5c(C)cc(C)cc5s4)sc3c2s1. The minimum atomic E-state index is 0.875. The summed E-state index contributed by atoms with van der Waals surface area (Å²) in [6, 6.07) is 8.47. The third-order valence-electron chi connectivity index (χ3n) is 4.11. The second kappa shape index (κ2) is 6.16. The number of benzene rings is 2. The normalized spacial score (nSPS) is 11.8. The largest absolute Gasteiger partial charge is 0.307 e. The van der Waals surface area contributed by atoms with Crippen LogP contribution < -0.4 is 5.32 Å². The number of hydrogen-bond donors (Lipinski definition) is 1. The van der Waals surface area contributed by atoms with E-state index < -0.39 is 0 Å². The van der Waals surface area contributed by atoms with Crippen molar-refractivity contribution in [3.63, 3.8) is 0 Å². The Morgan fingerprint density at radius 3 is 2.42 bits per heavy atom. The molecular weight excluding hydrogens is 400 g/mol. The fraction of sp³-hybridized carbons (Fsp3) is 0.167. The number of aromatic nitrogens is 3. The average Bonchev–Trinajstić information content (AvgIpc) is 3.29. The quantitative estimate of drug-likeness (QED) is 0.337. The molecule has 0 aliphatic carbocycles. The minimum absolute atomic E-state index is 0.875. The molecule has 3 heterocycles. The van der Waals surface area contributed by atoms with Gasteiger partial charge in [0, 0.05) is 0 Å². The van der Waals surface area contributed by atoms with Gasteiger partial charge in [0.2, 0.25) is 0 Å². The number of fused-ring (bicyclic) bond motifs is 4. The van der Waals surface area contributed by atoms with Crippen LogP contribution in [-0.2, 0) is 0 Å². The molecule has 0 bridgehead atoms. The fourth-order valence-electron chi connectivity index (χ4n) is 3.01. The highest BCUT2D eigenvalue weighted by molar-refractivity contribution is 8.00. The summed E-state index contributed by atoms with van der Waals surface area (Å²) in [6.45, 7) is 4.23. The Hall–Kier alpha value is -1.74. The zero-order valence-corrected chi connectivity index (χ0v) is 17.6.